The first-order chi connectivity index (χ1) is 16.7. The highest BCUT2D eigenvalue weighted by atomic mass is 32.2. The number of hydrogen-bond acceptors (Lipinski definition) is 6. The zero-order valence-corrected chi connectivity index (χ0v) is 19.6. The standard InChI is InChI=1S/C26H23N5O2S/c1-3-22(25(32)27-18-13-15-19(33-2)16-14-18)34-26-28-21-12-8-7-11-20(21)24-29-23(30-31(24)26)17-9-5-4-6-10-17/h4-16,22H,3H2,1-2H3,(H,27,32)/t22-/m0/s1. The molecule has 7 nitrogen and oxygen atoms in total. The van der Waals surface area contributed by atoms with E-state index >= 15 is 0 Å². The van der Waals surface area contributed by atoms with E-state index in [1.165, 1.54) is 11.8 Å². The van der Waals surface area contributed by atoms with Crippen molar-refractivity contribution in [3.8, 4) is 17.1 Å². The van der Waals surface area contributed by atoms with Crippen LogP contribution in [0, 0.1) is 0 Å². The molecule has 0 unspecified atom stereocenters. The van der Waals surface area contributed by atoms with Crippen molar-refractivity contribution in [2.45, 2.75) is 23.8 Å². The third kappa shape index (κ3) is 4.32. The molecule has 0 bridgehead atoms. The van der Waals surface area contributed by atoms with Crippen molar-refractivity contribution in [2.75, 3.05) is 12.4 Å². The van der Waals surface area contributed by atoms with Gasteiger partial charge < -0.3 is 10.1 Å². The minimum absolute atomic E-state index is 0.0934. The van der Waals surface area contributed by atoms with Crippen molar-refractivity contribution < 1.29 is 9.53 Å². The third-order valence-corrected chi connectivity index (χ3v) is 6.76. The first-order valence-electron chi connectivity index (χ1n) is 11.0. The number of nitrogens with one attached hydrogen (secondary N) is 1. The predicted octanol–water partition coefficient (Wildman–Crippen LogP) is 5.46. The second-order valence-electron chi connectivity index (χ2n) is 7.68. The smallest absolute Gasteiger partial charge is 0.237 e. The highest BCUT2D eigenvalue weighted by molar-refractivity contribution is 8.00. The summed E-state index contributed by atoms with van der Waals surface area (Å²) in [4.78, 5) is 22.7. The molecular formula is C26H23N5O2S. The topological polar surface area (TPSA) is 81.4 Å². The fourth-order valence-electron chi connectivity index (χ4n) is 3.66. The van der Waals surface area contributed by atoms with Gasteiger partial charge in [0.05, 0.1) is 17.9 Å². The number of methoxy groups -OCH3 is 1. The first kappa shape index (κ1) is 21.9. The number of amides is 1. The van der Waals surface area contributed by atoms with Crippen molar-refractivity contribution in [2.24, 2.45) is 0 Å². The van der Waals surface area contributed by atoms with Crippen molar-refractivity contribution >= 4 is 39.9 Å². The molecule has 5 rings (SSSR count). The van der Waals surface area contributed by atoms with Gasteiger partial charge in [0.25, 0.3) is 0 Å². The molecule has 2 heterocycles. The lowest BCUT2D eigenvalue weighted by atomic mass is 10.2. The minimum Gasteiger partial charge on any atom is -0.497 e. The monoisotopic (exact) mass is 469 g/mol. The average Bonchev–Trinajstić information content (AvgIpc) is 3.34. The number of benzene rings is 3. The van der Waals surface area contributed by atoms with Gasteiger partial charge in [-0.2, -0.15) is 4.52 Å². The Hall–Kier alpha value is -3.91. The Bertz CT molecular complexity index is 1450. The quantitative estimate of drug-likeness (QED) is 0.252. The van der Waals surface area contributed by atoms with Crippen molar-refractivity contribution in [1.82, 2.24) is 19.6 Å². The zero-order valence-electron chi connectivity index (χ0n) is 18.8. The lowest BCUT2D eigenvalue weighted by Crippen LogP contribution is -2.25. The SMILES string of the molecule is CC[C@H](Sc1nc2ccccc2c2nc(-c3ccccc3)nn12)C(=O)Nc1ccc(OC)cc1. The fourth-order valence-corrected chi connectivity index (χ4v) is 4.63. The largest absolute Gasteiger partial charge is 0.497 e. The molecular weight excluding hydrogens is 446 g/mol. The van der Waals surface area contributed by atoms with Crippen LogP contribution in [0.25, 0.3) is 27.9 Å². The number of para-hydroxylation sites is 1. The number of nitrogens with zero attached hydrogens (tertiary/aromatic N) is 4. The van der Waals surface area contributed by atoms with Crippen molar-refractivity contribution in [1.29, 1.82) is 0 Å². The van der Waals surface area contributed by atoms with Gasteiger partial charge in [-0.25, -0.2) is 9.97 Å². The normalized spacial score (nSPS) is 12.1. The molecule has 8 heteroatoms. The van der Waals surface area contributed by atoms with Crippen molar-refractivity contribution in [3.63, 3.8) is 0 Å². The lowest BCUT2D eigenvalue weighted by Gasteiger charge is -2.15. The van der Waals surface area contributed by atoms with Gasteiger partial charge in [0, 0.05) is 16.6 Å². The van der Waals surface area contributed by atoms with Crippen LogP contribution in [0.15, 0.2) is 84.0 Å². The number of ether oxygens (including phenoxy) is 1. The molecule has 1 amide bonds. The van der Waals surface area contributed by atoms with E-state index in [2.05, 4.69) is 5.32 Å². The highest BCUT2D eigenvalue weighted by Crippen LogP contribution is 2.30. The van der Waals surface area contributed by atoms with E-state index in [-0.39, 0.29) is 11.2 Å². The van der Waals surface area contributed by atoms with Crippen LogP contribution in [-0.2, 0) is 4.79 Å². The second-order valence-corrected chi connectivity index (χ2v) is 8.85. The lowest BCUT2D eigenvalue weighted by molar-refractivity contribution is -0.115. The fraction of sp³-hybridized carbons (Fsp3) is 0.154. The molecule has 0 aliphatic rings. The number of rotatable bonds is 7. The van der Waals surface area contributed by atoms with Crippen LogP contribution in [-0.4, -0.2) is 37.8 Å². The van der Waals surface area contributed by atoms with Gasteiger partial charge in [-0.3, -0.25) is 4.79 Å². The predicted molar refractivity (Wildman–Crippen MR) is 135 cm³/mol. The van der Waals surface area contributed by atoms with E-state index < -0.39 is 0 Å². The molecule has 34 heavy (non-hydrogen) atoms. The number of carbonyl (C=O) groups is 1. The van der Waals surface area contributed by atoms with E-state index in [0.717, 1.165) is 27.9 Å². The number of aromatic nitrogens is 4. The highest BCUT2D eigenvalue weighted by Gasteiger charge is 2.23. The molecule has 2 aromatic heterocycles. The summed E-state index contributed by atoms with van der Waals surface area (Å²) in [7, 11) is 1.61. The van der Waals surface area contributed by atoms with Crippen LogP contribution in [0.3, 0.4) is 0 Å². The maximum Gasteiger partial charge on any atom is 0.237 e. The summed E-state index contributed by atoms with van der Waals surface area (Å²) >= 11 is 1.39. The number of carbonyl (C=O) groups excluding carboxylic acids is 1. The Kier molecular flexibility index (Phi) is 6.14. The molecule has 0 aliphatic carbocycles. The summed E-state index contributed by atoms with van der Waals surface area (Å²) < 4.78 is 6.94. The van der Waals surface area contributed by atoms with E-state index in [1.54, 1.807) is 11.6 Å². The maximum absolute atomic E-state index is 13.1. The molecule has 1 atom stereocenters. The average molecular weight is 470 g/mol. The summed E-state index contributed by atoms with van der Waals surface area (Å²) in [6.07, 6.45) is 0.628. The molecule has 5 aromatic rings. The molecule has 170 valence electrons. The van der Waals surface area contributed by atoms with Gasteiger partial charge in [0.2, 0.25) is 5.91 Å². The van der Waals surface area contributed by atoms with Gasteiger partial charge in [0.15, 0.2) is 16.6 Å². The van der Waals surface area contributed by atoms with Gasteiger partial charge in [-0.15, -0.1) is 5.10 Å². The summed E-state index contributed by atoms with van der Waals surface area (Å²) in [6.45, 7) is 1.99. The Morgan fingerprint density at radius 1 is 1.00 bits per heavy atom. The molecule has 0 saturated heterocycles. The molecule has 1 N–H and O–H groups in total. The molecule has 3 aromatic carbocycles. The van der Waals surface area contributed by atoms with Gasteiger partial charge in [0.1, 0.15) is 5.75 Å². The number of anilines is 1. The van der Waals surface area contributed by atoms with Crippen LogP contribution >= 0.6 is 11.8 Å². The van der Waals surface area contributed by atoms with Gasteiger partial charge in [-0.1, -0.05) is 61.2 Å². The molecule has 0 spiro atoms. The molecule has 0 fully saturated rings. The van der Waals surface area contributed by atoms with E-state index in [1.807, 2.05) is 85.8 Å². The van der Waals surface area contributed by atoms with Crippen LogP contribution in [0.4, 0.5) is 5.69 Å². The molecule has 0 saturated carbocycles. The zero-order chi connectivity index (χ0) is 23.5. The Labute approximate surface area is 201 Å². The van der Waals surface area contributed by atoms with Crippen LogP contribution in [0.2, 0.25) is 0 Å². The third-order valence-electron chi connectivity index (χ3n) is 5.45. The second kappa shape index (κ2) is 9.52. The maximum atomic E-state index is 13.1. The summed E-state index contributed by atoms with van der Waals surface area (Å²) in [5.41, 5.74) is 3.18. The summed E-state index contributed by atoms with van der Waals surface area (Å²) in [6, 6.07) is 25.0. The Balaban J connectivity index is 1.50. The number of thioether (sulfide) groups is 1. The van der Waals surface area contributed by atoms with Crippen LogP contribution in [0.1, 0.15) is 13.3 Å². The summed E-state index contributed by atoms with van der Waals surface area (Å²) in [5.74, 6) is 1.27. The minimum atomic E-state index is -0.358. The first-order valence-corrected chi connectivity index (χ1v) is 11.9. The molecule has 0 radical (unpaired) electrons. The Morgan fingerprint density at radius 3 is 2.47 bits per heavy atom. The van der Waals surface area contributed by atoms with E-state index in [4.69, 9.17) is 19.8 Å². The van der Waals surface area contributed by atoms with Crippen LogP contribution in [0.5, 0.6) is 5.75 Å². The summed E-state index contributed by atoms with van der Waals surface area (Å²) in [5, 5.41) is 8.93. The Morgan fingerprint density at radius 2 is 1.74 bits per heavy atom. The van der Waals surface area contributed by atoms with Crippen LogP contribution < -0.4 is 10.1 Å². The number of fused-ring (bicyclic) bond motifs is 3. The van der Waals surface area contributed by atoms with Crippen molar-refractivity contribution in [3.05, 3.63) is 78.9 Å². The van der Waals surface area contributed by atoms with Gasteiger partial charge in [-0.05, 0) is 42.8 Å². The number of hydrogen-bond donors (Lipinski definition) is 1. The molecule has 0 aliphatic heterocycles. The van der Waals surface area contributed by atoms with E-state index in [0.29, 0.717) is 23.1 Å². The van der Waals surface area contributed by atoms with E-state index in [9.17, 15) is 4.79 Å². The van der Waals surface area contributed by atoms with Gasteiger partial charge >= 0.3 is 0 Å².